The van der Waals surface area contributed by atoms with E-state index < -0.39 is 17.2 Å². The number of hydrogen-bond acceptors (Lipinski definition) is 4. The molecular formula is C19H15F2N3O2S. The van der Waals surface area contributed by atoms with Crippen LogP contribution in [0.25, 0.3) is 16.6 Å². The number of carbonyl (C=O) groups is 1. The van der Waals surface area contributed by atoms with E-state index in [9.17, 15) is 18.4 Å². The summed E-state index contributed by atoms with van der Waals surface area (Å²) in [6.45, 7) is 3.83. The highest BCUT2D eigenvalue weighted by Crippen LogP contribution is 2.23. The van der Waals surface area contributed by atoms with E-state index in [1.54, 1.807) is 30.3 Å². The zero-order chi connectivity index (χ0) is 19.4. The van der Waals surface area contributed by atoms with Gasteiger partial charge in [0.2, 0.25) is 5.91 Å². The van der Waals surface area contributed by atoms with Gasteiger partial charge in [-0.2, -0.15) is 0 Å². The Morgan fingerprint density at radius 3 is 2.78 bits per heavy atom. The lowest BCUT2D eigenvalue weighted by atomic mass is 10.2. The van der Waals surface area contributed by atoms with E-state index in [1.807, 2.05) is 0 Å². The molecule has 8 heteroatoms. The van der Waals surface area contributed by atoms with Gasteiger partial charge in [-0.3, -0.25) is 14.2 Å². The van der Waals surface area contributed by atoms with Crippen molar-refractivity contribution in [1.29, 1.82) is 0 Å². The van der Waals surface area contributed by atoms with Gasteiger partial charge in [0.1, 0.15) is 11.6 Å². The average molecular weight is 387 g/mol. The van der Waals surface area contributed by atoms with E-state index >= 15 is 0 Å². The maximum absolute atomic E-state index is 14.3. The first-order valence-corrected chi connectivity index (χ1v) is 8.97. The fraction of sp³-hybridized carbons (Fsp3) is 0.105. The number of nitrogens with one attached hydrogen (secondary N) is 1. The molecule has 27 heavy (non-hydrogen) atoms. The van der Waals surface area contributed by atoms with Crippen LogP contribution in [0, 0.1) is 11.6 Å². The van der Waals surface area contributed by atoms with Gasteiger partial charge in [0.15, 0.2) is 5.16 Å². The molecule has 1 amide bonds. The van der Waals surface area contributed by atoms with Crippen LogP contribution >= 0.6 is 11.8 Å². The van der Waals surface area contributed by atoms with Crippen molar-refractivity contribution in [2.75, 3.05) is 12.3 Å². The van der Waals surface area contributed by atoms with Crippen LogP contribution in [0.2, 0.25) is 0 Å². The summed E-state index contributed by atoms with van der Waals surface area (Å²) in [7, 11) is 0. The molecule has 0 aliphatic rings. The van der Waals surface area contributed by atoms with Crippen LogP contribution in [0.5, 0.6) is 0 Å². The van der Waals surface area contributed by atoms with Gasteiger partial charge >= 0.3 is 0 Å². The Bertz CT molecular complexity index is 1080. The van der Waals surface area contributed by atoms with Crippen LogP contribution in [0.3, 0.4) is 0 Å². The lowest BCUT2D eigenvalue weighted by Gasteiger charge is -2.13. The van der Waals surface area contributed by atoms with Crippen molar-refractivity contribution in [3.8, 4) is 5.69 Å². The molecule has 138 valence electrons. The normalized spacial score (nSPS) is 10.7. The summed E-state index contributed by atoms with van der Waals surface area (Å²) in [6.07, 6.45) is 1.54. The second kappa shape index (κ2) is 8.13. The number of aromatic nitrogens is 2. The average Bonchev–Trinajstić information content (AvgIpc) is 2.66. The largest absolute Gasteiger partial charge is 0.352 e. The molecular weight excluding hydrogens is 372 g/mol. The minimum Gasteiger partial charge on any atom is -0.352 e. The Hall–Kier alpha value is -3.00. The van der Waals surface area contributed by atoms with Gasteiger partial charge in [-0.25, -0.2) is 13.8 Å². The Balaban J connectivity index is 2.11. The lowest BCUT2D eigenvalue weighted by Crippen LogP contribution is -2.26. The highest BCUT2D eigenvalue weighted by Gasteiger charge is 2.17. The molecule has 5 nitrogen and oxygen atoms in total. The Kier molecular flexibility index (Phi) is 5.66. The molecule has 0 saturated carbocycles. The smallest absolute Gasteiger partial charge is 0.266 e. The highest BCUT2D eigenvalue weighted by atomic mass is 32.2. The molecule has 0 unspecified atom stereocenters. The summed E-state index contributed by atoms with van der Waals surface area (Å²) in [5.74, 6) is -1.96. The third-order valence-corrected chi connectivity index (χ3v) is 4.61. The molecule has 0 saturated heterocycles. The third-order valence-electron chi connectivity index (χ3n) is 3.67. The van der Waals surface area contributed by atoms with Crippen LogP contribution in [0.4, 0.5) is 8.78 Å². The molecule has 0 atom stereocenters. The Morgan fingerprint density at radius 2 is 2.04 bits per heavy atom. The van der Waals surface area contributed by atoms with E-state index in [1.165, 1.54) is 6.07 Å². The topological polar surface area (TPSA) is 64.0 Å². The second-order valence-electron chi connectivity index (χ2n) is 5.53. The van der Waals surface area contributed by atoms with Crippen LogP contribution < -0.4 is 10.9 Å². The second-order valence-corrected chi connectivity index (χ2v) is 6.47. The number of carbonyl (C=O) groups excluding carboxylic acids is 1. The SMILES string of the molecule is C=CCNC(=O)CSc1nc2ccccc2c(=O)n1-c1ccc(F)cc1F. The molecule has 3 aromatic rings. The summed E-state index contributed by atoms with van der Waals surface area (Å²) in [4.78, 5) is 29.2. The van der Waals surface area contributed by atoms with Crippen molar-refractivity contribution in [1.82, 2.24) is 14.9 Å². The van der Waals surface area contributed by atoms with E-state index in [2.05, 4.69) is 16.9 Å². The van der Waals surface area contributed by atoms with Crippen LogP contribution in [0.15, 0.2) is 65.1 Å². The quantitative estimate of drug-likeness (QED) is 0.401. The fourth-order valence-corrected chi connectivity index (χ4v) is 3.29. The minimum atomic E-state index is -0.896. The maximum atomic E-state index is 14.3. The molecule has 0 aliphatic carbocycles. The molecule has 1 N–H and O–H groups in total. The lowest BCUT2D eigenvalue weighted by molar-refractivity contribution is -0.118. The number of para-hydroxylation sites is 1. The number of amides is 1. The van der Waals surface area contributed by atoms with Crippen LogP contribution in [-0.4, -0.2) is 27.8 Å². The number of rotatable bonds is 6. The number of hydrogen-bond donors (Lipinski definition) is 1. The molecule has 0 spiro atoms. The summed E-state index contributed by atoms with van der Waals surface area (Å²) < 4.78 is 28.7. The summed E-state index contributed by atoms with van der Waals surface area (Å²) in [5, 5.41) is 3.05. The number of nitrogens with zero attached hydrogens (tertiary/aromatic N) is 2. The Morgan fingerprint density at radius 1 is 1.26 bits per heavy atom. The van der Waals surface area contributed by atoms with E-state index in [0.29, 0.717) is 23.5 Å². The molecule has 0 aliphatic heterocycles. The minimum absolute atomic E-state index is 0.0264. The molecule has 2 aromatic carbocycles. The number of fused-ring (bicyclic) bond motifs is 1. The Labute approximate surface area is 157 Å². The predicted molar refractivity (Wildman–Crippen MR) is 101 cm³/mol. The van der Waals surface area contributed by atoms with Crippen molar-refractivity contribution in [3.63, 3.8) is 0 Å². The first-order valence-electron chi connectivity index (χ1n) is 7.99. The zero-order valence-electron chi connectivity index (χ0n) is 14.1. The predicted octanol–water partition coefficient (Wildman–Crippen LogP) is 3.06. The maximum Gasteiger partial charge on any atom is 0.266 e. The van der Waals surface area contributed by atoms with Crippen molar-refractivity contribution in [3.05, 3.63) is 77.1 Å². The van der Waals surface area contributed by atoms with Gasteiger partial charge < -0.3 is 5.32 Å². The van der Waals surface area contributed by atoms with Gasteiger partial charge in [-0.05, 0) is 24.3 Å². The fourth-order valence-electron chi connectivity index (χ4n) is 2.45. The van der Waals surface area contributed by atoms with Gasteiger partial charge in [-0.15, -0.1) is 6.58 Å². The number of benzene rings is 2. The molecule has 1 aromatic heterocycles. The molecule has 0 fully saturated rings. The van der Waals surface area contributed by atoms with Gasteiger partial charge in [0.05, 0.1) is 22.3 Å². The molecule has 0 radical (unpaired) electrons. The number of halogens is 2. The monoisotopic (exact) mass is 387 g/mol. The summed E-state index contributed by atoms with van der Waals surface area (Å²) in [6, 6.07) is 9.56. The summed E-state index contributed by atoms with van der Waals surface area (Å²) >= 11 is 0.987. The van der Waals surface area contributed by atoms with Gasteiger partial charge in [-0.1, -0.05) is 30.0 Å². The van der Waals surface area contributed by atoms with Crippen molar-refractivity contribution in [2.24, 2.45) is 0 Å². The van der Waals surface area contributed by atoms with Gasteiger partial charge in [0.25, 0.3) is 5.56 Å². The first kappa shape index (κ1) is 18.8. The zero-order valence-corrected chi connectivity index (χ0v) is 14.9. The number of thioether (sulfide) groups is 1. The van der Waals surface area contributed by atoms with E-state index in [4.69, 9.17) is 0 Å². The van der Waals surface area contributed by atoms with Crippen LogP contribution in [0.1, 0.15) is 0 Å². The van der Waals surface area contributed by atoms with Crippen molar-refractivity contribution < 1.29 is 13.6 Å². The van der Waals surface area contributed by atoms with Crippen molar-refractivity contribution >= 4 is 28.6 Å². The first-order chi connectivity index (χ1) is 13.0. The van der Waals surface area contributed by atoms with Crippen molar-refractivity contribution in [2.45, 2.75) is 5.16 Å². The standard InChI is InChI=1S/C19H15F2N3O2S/c1-2-9-22-17(25)11-27-19-23-15-6-4-3-5-13(15)18(26)24(19)16-8-7-12(20)10-14(16)21/h2-8,10H,1,9,11H2,(H,22,25). The summed E-state index contributed by atoms with van der Waals surface area (Å²) in [5.41, 5.74) is -0.205. The van der Waals surface area contributed by atoms with E-state index in [-0.39, 0.29) is 22.5 Å². The van der Waals surface area contributed by atoms with E-state index in [0.717, 1.165) is 22.4 Å². The van der Waals surface area contributed by atoms with Gasteiger partial charge in [0, 0.05) is 12.6 Å². The third kappa shape index (κ3) is 4.06. The molecule has 0 bridgehead atoms. The molecule has 3 rings (SSSR count). The van der Waals surface area contributed by atoms with Crippen LogP contribution in [-0.2, 0) is 4.79 Å². The highest BCUT2D eigenvalue weighted by molar-refractivity contribution is 7.99. The molecule has 1 heterocycles.